The van der Waals surface area contributed by atoms with Gasteiger partial charge in [-0.1, -0.05) is 67.6 Å². The van der Waals surface area contributed by atoms with Crippen LogP contribution in [-0.2, 0) is 32.2 Å². The minimum absolute atomic E-state index is 0.0815. The van der Waals surface area contributed by atoms with Crippen LogP contribution in [-0.4, -0.2) is 24.8 Å². The van der Waals surface area contributed by atoms with E-state index in [1.165, 1.54) is 0 Å². The molecule has 1 heterocycles. The van der Waals surface area contributed by atoms with Gasteiger partial charge in [0.15, 0.2) is 0 Å². The van der Waals surface area contributed by atoms with E-state index in [0.29, 0.717) is 26.2 Å². The molecule has 3 atom stereocenters. The fourth-order valence-corrected chi connectivity index (χ4v) is 2.89. The van der Waals surface area contributed by atoms with Gasteiger partial charge in [-0.15, -0.1) is 0 Å². The minimum atomic E-state index is -0.266. The molecule has 0 aliphatic carbocycles. The molecule has 0 spiro atoms. The average molecular weight is 340 g/mol. The summed E-state index contributed by atoms with van der Waals surface area (Å²) in [5.74, 6) is -0.233. The molecule has 1 fully saturated rings. The Labute approximate surface area is 148 Å². The van der Waals surface area contributed by atoms with Gasteiger partial charge in [-0.3, -0.25) is 4.79 Å². The molecule has 2 aromatic carbocycles. The van der Waals surface area contributed by atoms with E-state index in [0.717, 1.165) is 11.1 Å². The van der Waals surface area contributed by atoms with Crippen molar-refractivity contribution in [2.75, 3.05) is 6.61 Å². The van der Waals surface area contributed by atoms with Crippen LogP contribution < -0.4 is 0 Å². The third-order valence-electron chi connectivity index (χ3n) is 4.37. The second kappa shape index (κ2) is 8.79. The molecule has 0 bridgehead atoms. The smallest absolute Gasteiger partial charge is 0.309 e. The van der Waals surface area contributed by atoms with Gasteiger partial charge in [0.1, 0.15) is 12.2 Å². The molecule has 4 heteroatoms. The van der Waals surface area contributed by atoms with E-state index in [4.69, 9.17) is 14.2 Å². The molecule has 0 unspecified atom stereocenters. The van der Waals surface area contributed by atoms with E-state index >= 15 is 0 Å². The van der Waals surface area contributed by atoms with Crippen molar-refractivity contribution >= 4 is 5.97 Å². The fourth-order valence-electron chi connectivity index (χ4n) is 2.89. The van der Waals surface area contributed by atoms with Gasteiger partial charge in [-0.05, 0) is 11.1 Å². The van der Waals surface area contributed by atoms with Crippen LogP contribution in [0.25, 0.3) is 0 Å². The van der Waals surface area contributed by atoms with Gasteiger partial charge >= 0.3 is 5.97 Å². The number of rotatable bonds is 8. The first kappa shape index (κ1) is 17.6. The van der Waals surface area contributed by atoms with Crippen molar-refractivity contribution in [3.05, 3.63) is 71.8 Å². The average Bonchev–Trinajstić information content (AvgIpc) is 2.98. The highest BCUT2D eigenvalue weighted by Gasteiger charge is 2.37. The van der Waals surface area contributed by atoms with E-state index in [-0.39, 0.29) is 24.1 Å². The van der Waals surface area contributed by atoms with Gasteiger partial charge < -0.3 is 14.2 Å². The minimum Gasteiger partial charge on any atom is -0.459 e. The molecule has 132 valence electrons. The van der Waals surface area contributed by atoms with Gasteiger partial charge in [0, 0.05) is 6.42 Å². The Hall–Kier alpha value is -2.17. The summed E-state index contributed by atoms with van der Waals surface area (Å²) in [5, 5.41) is 0. The fraction of sp³-hybridized carbons (Fsp3) is 0.381. The van der Waals surface area contributed by atoms with E-state index in [9.17, 15) is 4.79 Å². The van der Waals surface area contributed by atoms with Crippen LogP contribution in [0, 0.1) is 5.92 Å². The van der Waals surface area contributed by atoms with Crippen LogP contribution >= 0.6 is 0 Å². The molecule has 4 nitrogen and oxygen atoms in total. The van der Waals surface area contributed by atoms with Crippen LogP contribution in [0.2, 0.25) is 0 Å². The van der Waals surface area contributed by atoms with Crippen molar-refractivity contribution in [1.82, 2.24) is 0 Å². The van der Waals surface area contributed by atoms with E-state index < -0.39 is 0 Å². The summed E-state index contributed by atoms with van der Waals surface area (Å²) in [5.41, 5.74) is 2.20. The molecule has 0 radical (unpaired) electrons. The first-order valence-electron chi connectivity index (χ1n) is 8.70. The van der Waals surface area contributed by atoms with Crippen LogP contribution in [0.3, 0.4) is 0 Å². The predicted molar refractivity (Wildman–Crippen MR) is 94.8 cm³/mol. The van der Waals surface area contributed by atoms with E-state index in [1.54, 1.807) is 0 Å². The Kier molecular flexibility index (Phi) is 6.20. The van der Waals surface area contributed by atoms with Crippen LogP contribution in [0.15, 0.2) is 60.7 Å². The summed E-state index contributed by atoms with van der Waals surface area (Å²) >= 11 is 0. The topological polar surface area (TPSA) is 44.8 Å². The normalized spacial score (nSPS) is 21.1. The summed E-state index contributed by atoms with van der Waals surface area (Å²) in [6.07, 6.45) is 0.160. The molecule has 1 saturated heterocycles. The highest BCUT2D eigenvalue weighted by Crippen LogP contribution is 2.25. The van der Waals surface area contributed by atoms with Crippen molar-refractivity contribution in [2.24, 2.45) is 5.92 Å². The summed E-state index contributed by atoms with van der Waals surface area (Å²) in [6.45, 7) is 3.28. The first-order valence-corrected chi connectivity index (χ1v) is 8.70. The zero-order valence-corrected chi connectivity index (χ0v) is 14.5. The number of carbonyl (C=O) groups is 1. The third kappa shape index (κ3) is 5.15. The molecular formula is C21H24O4. The summed E-state index contributed by atoms with van der Waals surface area (Å²) in [7, 11) is 0. The Morgan fingerprint density at radius 2 is 1.60 bits per heavy atom. The van der Waals surface area contributed by atoms with Crippen molar-refractivity contribution in [2.45, 2.75) is 38.8 Å². The molecular weight excluding hydrogens is 316 g/mol. The summed E-state index contributed by atoms with van der Waals surface area (Å²) in [4.78, 5) is 11.7. The third-order valence-corrected chi connectivity index (χ3v) is 4.37. The lowest BCUT2D eigenvalue weighted by atomic mass is 10.0. The highest BCUT2D eigenvalue weighted by molar-refractivity contribution is 5.74. The quantitative estimate of drug-likeness (QED) is 0.687. The SMILES string of the molecule is C[C@@H]1C[C@@H]([C@@H](COCc2ccccc2)OCc2ccccc2)OC1=O. The number of hydrogen-bond donors (Lipinski definition) is 0. The standard InChI is InChI=1S/C21H24O4/c1-16-12-19(25-21(16)22)20(24-14-18-10-6-3-7-11-18)15-23-13-17-8-4-2-5-9-17/h2-11,16,19-20H,12-15H2,1H3/t16-,19+,20-/m1/s1. The Bertz CT molecular complexity index is 656. The number of benzene rings is 2. The zero-order valence-electron chi connectivity index (χ0n) is 14.5. The number of esters is 1. The second-order valence-corrected chi connectivity index (χ2v) is 6.45. The van der Waals surface area contributed by atoms with Crippen molar-refractivity contribution < 1.29 is 19.0 Å². The van der Waals surface area contributed by atoms with Gasteiger partial charge in [-0.2, -0.15) is 0 Å². The molecule has 0 N–H and O–H groups in total. The first-order chi connectivity index (χ1) is 12.2. The molecule has 1 aliphatic heterocycles. The molecule has 2 aromatic rings. The van der Waals surface area contributed by atoms with E-state index in [2.05, 4.69) is 0 Å². The lowest BCUT2D eigenvalue weighted by Crippen LogP contribution is -2.33. The second-order valence-electron chi connectivity index (χ2n) is 6.45. The Morgan fingerprint density at radius 3 is 2.16 bits per heavy atom. The van der Waals surface area contributed by atoms with Gasteiger partial charge in [0.05, 0.1) is 25.7 Å². The maximum absolute atomic E-state index is 11.7. The predicted octanol–water partition coefficient (Wildman–Crippen LogP) is 3.74. The maximum atomic E-state index is 11.7. The molecule has 0 aromatic heterocycles. The van der Waals surface area contributed by atoms with Gasteiger partial charge in [0.25, 0.3) is 0 Å². The lowest BCUT2D eigenvalue weighted by Gasteiger charge is -2.23. The Morgan fingerprint density at radius 1 is 1.00 bits per heavy atom. The zero-order chi connectivity index (χ0) is 17.5. The molecule has 25 heavy (non-hydrogen) atoms. The van der Waals surface area contributed by atoms with Crippen molar-refractivity contribution in [3.8, 4) is 0 Å². The number of cyclic esters (lactones) is 1. The largest absolute Gasteiger partial charge is 0.459 e. The van der Waals surface area contributed by atoms with Crippen LogP contribution in [0.1, 0.15) is 24.5 Å². The molecule has 3 rings (SSSR count). The summed E-state index contributed by atoms with van der Waals surface area (Å²) in [6, 6.07) is 20.0. The van der Waals surface area contributed by atoms with Gasteiger partial charge in [0.2, 0.25) is 0 Å². The summed E-state index contributed by atoms with van der Waals surface area (Å²) < 4.78 is 17.4. The Balaban J connectivity index is 1.57. The number of ether oxygens (including phenoxy) is 3. The highest BCUT2D eigenvalue weighted by atomic mass is 16.6. The van der Waals surface area contributed by atoms with Crippen LogP contribution in [0.5, 0.6) is 0 Å². The van der Waals surface area contributed by atoms with E-state index in [1.807, 2.05) is 67.6 Å². The lowest BCUT2D eigenvalue weighted by molar-refractivity contribution is -0.153. The number of carbonyl (C=O) groups excluding carboxylic acids is 1. The van der Waals surface area contributed by atoms with Crippen LogP contribution in [0.4, 0.5) is 0 Å². The van der Waals surface area contributed by atoms with Crippen molar-refractivity contribution in [3.63, 3.8) is 0 Å². The maximum Gasteiger partial charge on any atom is 0.309 e. The molecule has 1 aliphatic rings. The molecule has 0 saturated carbocycles. The molecule has 0 amide bonds. The van der Waals surface area contributed by atoms with Crippen molar-refractivity contribution in [1.29, 1.82) is 0 Å². The monoisotopic (exact) mass is 340 g/mol. The number of hydrogen-bond acceptors (Lipinski definition) is 4. The van der Waals surface area contributed by atoms with Gasteiger partial charge in [-0.25, -0.2) is 0 Å².